The van der Waals surface area contributed by atoms with Gasteiger partial charge in [0, 0.05) is 50.3 Å². The number of halogens is 2. The van der Waals surface area contributed by atoms with Gasteiger partial charge in [0.25, 0.3) is 0 Å². The van der Waals surface area contributed by atoms with Crippen LogP contribution in [0.1, 0.15) is 54.7 Å². The molecule has 0 aromatic carbocycles. The molecule has 0 radical (unpaired) electrons. The second-order valence-corrected chi connectivity index (χ2v) is 10.8. The maximum absolute atomic E-state index is 14.2. The van der Waals surface area contributed by atoms with Crippen LogP contribution in [0.3, 0.4) is 0 Å². The fraction of sp³-hybridized carbons (Fsp3) is 0.433. The molecule has 6 rings (SSSR count). The molecule has 3 aromatic rings. The molecule has 0 bridgehead atoms. The van der Waals surface area contributed by atoms with Crippen LogP contribution in [0.5, 0.6) is 0 Å². The van der Waals surface area contributed by atoms with Crippen LogP contribution < -0.4 is 5.32 Å². The van der Waals surface area contributed by atoms with Gasteiger partial charge < -0.3 is 15.0 Å². The van der Waals surface area contributed by atoms with E-state index in [1.165, 1.54) is 5.56 Å². The molecular weight excluding hydrogens is 512 g/mol. The average Bonchev–Trinajstić information content (AvgIpc) is 3.71. The van der Waals surface area contributed by atoms with E-state index in [0.717, 1.165) is 93.3 Å². The Bertz CT molecular complexity index is 1400. The van der Waals surface area contributed by atoms with Crippen molar-refractivity contribution < 1.29 is 13.5 Å². The molecule has 1 saturated carbocycles. The van der Waals surface area contributed by atoms with Gasteiger partial charge >= 0.3 is 0 Å². The zero-order valence-electron chi connectivity index (χ0n) is 22.4. The summed E-state index contributed by atoms with van der Waals surface area (Å²) in [5.41, 5.74) is 3.87. The van der Waals surface area contributed by atoms with Gasteiger partial charge in [-0.15, -0.1) is 0 Å². The van der Waals surface area contributed by atoms with Crippen LogP contribution in [0.4, 0.5) is 26.1 Å². The molecule has 2 aliphatic heterocycles. The zero-order chi connectivity index (χ0) is 27.5. The fourth-order valence-corrected chi connectivity index (χ4v) is 5.86. The Morgan fingerprint density at radius 2 is 1.90 bits per heavy atom. The number of ether oxygens (including phenoxy) is 1. The lowest BCUT2D eigenvalue weighted by Crippen LogP contribution is -2.32. The summed E-state index contributed by atoms with van der Waals surface area (Å²) in [6.07, 6.45) is 12.0. The van der Waals surface area contributed by atoms with Crippen molar-refractivity contribution in [2.75, 3.05) is 31.6 Å². The predicted molar refractivity (Wildman–Crippen MR) is 151 cm³/mol. The van der Waals surface area contributed by atoms with Crippen molar-refractivity contribution in [3.63, 3.8) is 0 Å². The Hall–Kier alpha value is -3.79. The summed E-state index contributed by atoms with van der Waals surface area (Å²) in [7, 11) is 0. The summed E-state index contributed by atoms with van der Waals surface area (Å²) in [6.45, 7) is 7.81. The van der Waals surface area contributed by atoms with Crippen molar-refractivity contribution in [2.24, 2.45) is 21.8 Å². The third-order valence-electron chi connectivity index (χ3n) is 8.11. The maximum Gasteiger partial charge on any atom is 0.168 e. The third kappa shape index (κ3) is 5.86. The van der Waals surface area contributed by atoms with Gasteiger partial charge in [-0.3, -0.25) is 15.0 Å². The number of hydrogen-bond acceptors (Lipinski definition) is 7. The number of aromatic nitrogens is 3. The molecule has 3 aromatic heterocycles. The molecule has 3 aliphatic rings. The standard InChI is InChI=1S/C30H33F2N7O/c1-33-26-17-34-16-24(21-2-3-21)28(26)30(39-9-5-22(18-39)20-6-10-40-11-7-20)37-14-19-4-8-35-27(12-19)38-29-25(32)13-23(31)15-36-29/h4,8,12-13,15-17,20-22H,1-3,5-7,9-11,14,18H2,(H,35,36,38)/b37-30+. The number of nitrogens with zero attached hydrogens (tertiary/aromatic N) is 6. The number of nitrogens with one attached hydrogen (secondary N) is 1. The van der Waals surface area contributed by atoms with E-state index in [2.05, 4.69) is 36.9 Å². The Morgan fingerprint density at radius 1 is 1.05 bits per heavy atom. The molecule has 3 fully saturated rings. The number of aliphatic imine (C=N–C) groups is 2. The zero-order valence-corrected chi connectivity index (χ0v) is 22.4. The second kappa shape index (κ2) is 11.8. The highest BCUT2D eigenvalue weighted by Gasteiger charge is 2.35. The van der Waals surface area contributed by atoms with Crippen LogP contribution in [0, 0.1) is 23.5 Å². The van der Waals surface area contributed by atoms with E-state index in [4.69, 9.17) is 9.73 Å². The van der Waals surface area contributed by atoms with E-state index in [1.54, 1.807) is 18.5 Å². The van der Waals surface area contributed by atoms with Gasteiger partial charge in [-0.05, 0) is 79.8 Å². The minimum atomic E-state index is -0.782. The maximum atomic E-state index is 14.2. The monoisotopic (exact) mass is 545 g/mol. The molecule has 2 saturated heterocycles. The summed E-state index contributed by atoms with van der Waals surface area (Å²) in [5.74, 6) is 1.49. The molecule has 1 unspecified atom stereocenters. The van der Waals surface area contributed by atoms with Crippen LogP contribution in [0.2, 0.25) is 0 Å². The second-order valence-electron chi connectivity index (χ2n) is 10.8. The summed E-state index contributed by atoms with van der Waals surface area (Å²) in [4.78, 5) is 24.5. The third-order valence-corrected chi connectivity index (χ3v) is 8.11. The average molecular weight is 546 g/mol. The number of hydrogen-bond donors (Lipinski definition) is 1. The van der Waals surface area contributed by atoms with Crippen molar-refractivity contribution in [1.82, 2.24) is 19.9 Å². The Labute approximate surface area is 232 Å². The first kappa shape index (κ1) is 26.4. The Balaban J connectivity index is 1.30. The first-order valence-electron chi connectivity index (χ1n) is 13.9. The quantitative estimate of drug-likeness (QED) is 0.284. The highest BCUT2D eigenvalue weighted by molar-refractivity contribution is 6.04. The minimum absolute atomic E-state index is 0.0842. The van der Waals surface area contributed by atoms with Gasteiger partial charge in [0.2, 0.25) is 0 Å². The molecule has 1 atom stereocenters. The molecule has 10 heteroatoms. The molecule has 1 N–H and O–H groups in total. The summed E-state index contributed by atoms with van der Waals surface area (Å²) in [5, 5.41) is 2.84. The summed E-state index contributed by atoms with van der Waals surface area (Å²) in [6, 6.07) is 4.48. The molecule has 8 nitrogen and oxygen atoms in total. The van der Waals surface area contributed by atoms with Crippen molar-refractivity contribution in [1.29, 1.82) is 0 Å². The molecular formula is C30H33F2N7O. The van der Waals surface area contributed by atoms with Crippen molar-refractivity contribution in [3.8, 4) is 0 Å². The van der Waals surface area contributed by atoms with E-state index >= 15 is 0 Å². The van der Waals surface area contributed by atoms with Crippen molar-refractivity contribution in [2.45, 2.75) is 44.6 Å². The number of likely N-dealkylation sites (tertiary alicyclic amines) is 1. The highest BCUT2D eigenvalue weighted by atomic mass is 19.1. The van der Waals surface area contributed by atoms with Gasteiger partial charge in [0.05, 0.1) is 24.6 Å². The lowest BCUT2D eigenvalue weighted by atomic mass is 9.85. The molecule has 0 spiro atoms. The van der Waals surface area contributed by atoms with Crippen molar-refractivity contribution in [3.05, 3.63) is 71.3 Å². The number of pyridine rings is 3. The van der Waals surface area contributed by atoms with Crippen LogP contribution in [-0.4, -0.2) is 58.7 Å². The minimum Gasteiger partial charge on any atom is -0.381 e. The fourth-order valence-electron chi connectivity index (χ4n) is 5.86. The highest BCUT2D eigenvalue weighted by Crippen LogP contribution is 2.44. The molecule has 1 aliphatic carbocycles. The van der Waals surface area contributed by atoms with Crippen LogP contribution in [0.25, 0.3) is 0 Å². The lowest BCUT2D eigenvalue weighted by Gasteiger charge is -2.29. The smallest absolute Gasteiger partial charge is 0.168 e. The first-order valence-corrected chi connectivity index (χ1v) is 13.9. The van der Waals surface area contributed by atoms with Gasteiger partial charge in [-0.1, -0.05) is 0 Å². The van der Waals surface area contributed by atoms with E-state index < -0.39 is 11.6 Å². The normalized spacial score (nSPS) is 20.1. The van der Waals surface area contributed by atoms with E-state index in [0.29, 0.717) is 30.1 Å². The SMILES string of the molecule is C=Nc1cncc(C2CC2)c1/C(=N\Cc1ccnc(Nc2ncc(F)cc2F)c1)N1CCC(C2CCOCC2)C1. The van der Waals surface area contributed by atoms with Gasteiger partial charge in [-0.25, -0.2) is 18.7 Å². The predicted octanol–water partition coefficient (Wildman–Crippen LogP) is 5.80. The number of rotatable bonds is 8. The largest absolute Gasteiger partial charge is 0.381 e. The molecule has 208 valence electrons. The summed E-state index contributed by atoms with van der Waals surface area (Å²) < 4.78 is 33.0. The Kier molecular flexibility index (Phi) is 7.77. The Morgan fingerprint density at radius 3 is 2.67 bits per heavy atom. The summed E-state index contributed by atoms with van der Waals surface area (Å²) >= 11 is 0. The van der Waals surface area contributed by atoms with Gasteiger partial charge in [-0.2, -0.15) is 0 Å². The lowest BCUT2D eigenvalue weighted by molar-refractivity contribution is 0.0488. The topological polar surface area (TPSA) is 87.9 Å². The van der Waals surface area contributed by atoms with Gasteiger partial charge in [0.1, 0.15) is 17.5 Å². The molecule has 40 heavy (non-hydrogen) atoms. The van der Waals surface area contributed by atoms with Crippen molar-refractivity contribution >= 4 is 29.9 Å². The van der Waals surface area contributed by atoms with E-state index in [1.807, 2.05) is 12.3 Å². The van der Waals surface area contributed by atoms with Crippen LogP contribution in [-0.2, 0) is 11.3 Å². The van der Waals surface area contributed by atoms with Gasteiger partial charge in [0.15, 0.2) is 11.6 Å². The molecule has 0 amide bonds. The van der Waals surface area contributed by atoms with Crippen LogP contribution in [0.15, 0.2) is 53.0 Å². The first-order chi connectivity index (χ1) is 19.6. The van der Waals surface area contributed by atoms with Crippen LogP contribution >= 0.6 is 0 Å². The van der Waals surface area contributed by atoms with E-state index in [9.17, 15) is 8.78 Å². The number of anilines is 2. The van der Waals surface area contributed by atoms with E-state index in [-0.39, 0.29) is 5.82 Å². The number of amidine groups is 1. The molecule has 5 heterocycles.